The average Bonchev–Trinajstić information content (AvgIpc) is 3.22. The molecule has 0 saturated heterocycles. The SMILES string of the molecule is Cc1cc(-n2c(SCC(=O)N(C)c3cccc(Cl)c3)nc3ccsc3c2=O)ccc1F. The third-order valence-electron chi connectivity index (χ3n) is 4.74. The van der Waals surface area contributed by atoms with Gasteiger partial charge in [-0.1, -0.05) is 29.4 Å². The summed E-state index contributed by atoms with van der Waals surface area (Å²) >= 11 is 8.48. The minimum atomic E-state index is -0.352. The molecule has 4 rings (SSSR count). The fraction of sp³-hybridized carbons (Fsp3) is 0.136. The van der Waals surface area contributed by atoms with E-state index in [0.717, 1.165) is 11.8 Å². The van der Waals surface area contributed by atoms with E-state index in [9.17, 15) is 14.0 Å². The van der Waals surface area contributed by atoms with E-state index < -0.39 is 0 Å². The standard InChI is InChI=1S/C22H17ClFN3O2S2/c1-13-10-16(6-7-17(13)24)27-21(29)20-18(8-9-30-20)25-22(27)31-12-19(28)26(2)15-5-3-4-14(23)11-15/h3-11H,12H2,1-2H3. The summed E-state index contributed by atoms with van der Waals surface area (Å²) in [4.78, 5) is 32.0. The van der Waals surface area contributed by atoms with Crippen molar-refractivity contribution in [3.05, 3.63) is 80.7 Å². The van der Waals surface area contributed by atoms with Gasteiger partial charge in [0.1, 0.15) is 10.5 Å². The van der Waals surface area contributed by atoms with Gasteiger partial charge in [0.15, 0.2) is 5.16 Å². The Kier molecular flexibility index (Phi) is 6.13. The first-order valence-corrected chi connectivity index (χ1v) is 11.5. The Labute approximate surface area is 191 Å². The van der Waals surface area contributed by atoms with Crippen LogP contribution in [0.2, 0.25) is 5.02 Å². The Morgan fingerprint density at radius 2 is 2.06 bits per heavy atom. The monoisotopic (exact) mass is 473 g/mol. The van der Waals surface area contributed by atoms with Crippen molar-refractivity contribution in [1.29, 1.82) is 0 Å². The van der Waals surface area contributed by atoms with Crippen molar-refractivity contribution >= 4 is 56.5 Å². The molecule has 9 heteroatoms. The molecule has 2 aromatic heterocycles. The number of amides is 1. The van der Waals surface area contributed by atoms with Crippen LogP contribution >= 0.6 is 34.7 Å². The zero-order valence-corrected chi connectivity index (χ0v) is 19.0. The highest BCUT2D eigenvalue weighted by Crippen LogP contribution is 2.26. The molecule has 0 N–H and O–H groups in total. The minimum absolute atomic E-state index is 0.0608. The molecule has 0 unspecified atom stereocenters. The van der Waals surface area contributed by atoms with Gasteiger partial charge in [-0.3, -0.25) is 14.2 Å². The number of hydrogen-bond donors (Lipinski definition) is 0. The second-order valence-electron chi connectivity index (χ2n) is 6.82. The first-order valence-electron chi connectivity index (χ1n) is 9.27. The van der Waals surface area contributed by atoms with Gasteiger partial charge < -0.3 is 4.90 Å². The number of anilines is 1. The highest BCUT2D eigenvalue weighted by Gasteiger charge is 2.18. The first-order chi connectivity index (χ1) is 14.8. The summed E-state index contributed by atoms with van der Waals surface area (Å²) in [5.74, 6) is -0.464. The number of rotatable bonds is 5. The van der Waals surface area contributed by atoms with Crippen LogP contribution in [0.4, 0.5) is 10.1 Å². The molecule has 31 heavy (non-hydrogen) atoms. The Bertz CT molecular complexity index is 1350. The van der Waals surface area contributed by atoms with Crippen LogP contribution in [0.5, 0.6) is 0 Å². The molecule has 0 atom stereocenters. The molecule has 4 aromatic rings. The van der Waals surface area contributed by atoms with E-state index >= 15 is 0 Å². The van der Waals surface area contributed by atoms with Gasteiger partial charge >= 0.3 is 0 Å². The number of carbonyl (C=O) groups excluding carboxylic acids is 1. The summed E-state index contributed by atoms with van der Waals surface area (Å²) in [6.45, 7) is 1.64. The third-order valence-corrected chi connectivity index (χ3v) is 6.79. The van der Waals surface area contributed by atoms with Crippen molar-refractivity contribution in [2.45, 2.75) is 12.1 Å². The van der Waals surface area contributed by atoms with Gasteiger partial charge in [0.2, 0.25) is 5.91 Å². The Balaban J connectivity index is 1.69. The number of benzene rings is 2. The Hall–Kier alpha value is -2.68. The fourth-order valence-corrected chi connectivity index (χ4v) is 4.91. The van der Waals surface area contributed by atoms with E-state index in [1.54, 1.807) is 55.7 Å². The van der Waals surface area contributed by atoms with Crippen molar-refractivity contribution in [3.63, 3.8) is 0 Å². The summed E-state index contributed by atoms with van der Waals surface area (Å²) < 4.78 is 15.7. The van der Waals surface area contributed by atoms with Crippen LogP contribution in [-0.2, 0) is 4.79 Å². The maximum Gasteiger partial charge on any atom is 0.276 e. The summed E-state index contributed by atoms with van der Waals surface area (Å²) in [7, 11) is 1.67. The minimum Gasteiger partial charge on any atom is -0.315 e. The number of aryl methyl sites for hydroxylation is 1. The van der Waals surface area contributed by atoms with E-state index in [2.05, 4.69) is 4.98 Å². The van der Waals surface area contributed by atoms with Crippen molar-refractivity contribution < 1.29 is 9.18 Å². The van der Waals surface area contributed by atoms with Gasteiger partial charge in [-0.2, -0.15) is 0 Å². The van der Waals surface area contributed by atoms with Gasteiger partial charge in [0.05, 0.1) is 17.0 Å². The lowest BCUT2D eigenvalue weighted by molar-refractivity contribution is -0.115. The molecule has 1 amide bonds. The molecule has 0 fully saturated rings. The van der Waals surface area contributed by atoms with Crippen LogP contribution in [0, 0.1) is 12.7 Å². The highest BCUT2D eigenvalue weighted by molar-refractivity contribution is 7.99. The van der Waals surface area contributed by atoms with Gasteiger partial charge in [0.25, 0.3) is 5.56 Å². The van der Waals surface area contributed by atoms with Crippen molar-refractivity contribution in [2.75, 3.05) is 17.7 Å². The van der Waals surface area contributed by atoms with E-state index in [4.69, 9.17) is 11.6 Å². The molecule has 0 aliphatic rings. The fourth-order valence-electron chi connectivity index (χ4n) is 3.04. The van der Waals surface area contributed by atoms with Gasteiger partial charge in [-0.15, -0.1) is 11.3 Å². The largest absolute Gasteiger partial charge is 0.315 e. The van der Waals surface area contributed by atoms with E-state index in [-0.39, 0.29) is 23.0 Å². The number of nitrogens with zero attached hydrogens (tertiary/aromatic N) is 3. The van der Waals surface area contributed by atoms with Crippen molar-refractivity contribution in [1.82, 2.24) is 9.55 Å². The number of aromatic nitrogens is 2. The number of thioether (sulfide) groups is 1. The lowest BCUT2D eigenvalue weighted by Crippen LogP contribution is -2.28. The molecule has 0 bridgehead atoms. The second kappa shape index (κ2) is 8.82. The molecule has 0 aliphatic carbocycles. The molecule has 158 valence electrons. The molecule has 0 saturated carbocycles. The lowest BCUT2D eigenvalue weighted by atomic mass is 10.2. The number of hydrogen-bond acceptors (Lipinski definition) is 5. The molecular formula is C22H17ClFN3O2S2. The molecular weight excluding hydrogens is 457 g/mol. The average molecular weight is 474 g/mol. The summed E-state index contributed by atoms with van der Waals surface area (Å²) in [6.07, 6.45) is 0. The predicted molar refractivity (Wildman–Crippen MR) is 125 cm³/mol. The Morgan fingerprint density at radius 1 is 1.26 bits per heavy atom. The predicted octanol–water partition coefficient (Wildman–Crippen LogP) is 5.30. The van der Waals surface area contributed by atoms with Crippen molar-refractivity contribution in [2.24, 2.45) is 0 Å². The van der Waals surface area contributed by atoms with E-state index in [0.29, 0.717) is 37.3 Å². The van der Waals surface area contributed by atoms with Gasteiger partial charge in [0, 0.05) is 17.8 Å². The number of halogens is 2. The number of thiophene rings is 1. The van der Waals surface area contributed by atoms with Gasteiger partial charge in [-0.05, 0) is 60.3 Å². The molecule has 0 spiro atoms. The highest BCUT2D eigenvalue weighted by atomic mass is 35.5. The maximum atomic E-state index is 13.8. The van der Waals surface area contributed by atoms with Crippen LogP contribution in [0.1, 0.15) is 5.56 Å². The molecule has 0 aliphatic heterocycles. The zero-order chi connectivity index (χ0) is 22.1. The molecule has 0 radical (unpaired) electrons. The Morgan fingerprint density at radius 3 is 2.81 bits per heavy atom. The molecule has 2 aromatic carbocycles. The third kappa shape index (κ3) is 4.37. The normalized spacial score (nSPS) is 11.1. The maximum absolute atomic E-state index is 13.8. The first kappa shape index (κ1) is 21.5. The van der Waals surface area contributed by atoms with Crippen LogP contribution in [0.3, 0.4) is 0 Å². The molecule has 2 heterocycles. The van der Waals surface area contributed by atoms with Crippen LogP contribution in [0.25, 0.3) is 15.9 Å². The summed E-state index contributed by atoms with van der Waals surface area (Å²) in [6, 6.07) is 13.2. The van der Waals surface area contributed by atoms with Crippen LogP contribution in [0.15, 0.2) is 63.9 Å². The smallest absolute Gasteiger partial charge is 0.276 e. The second-order valence-corrected chi connectivity index (χ2v) is 9.12. The summed E-state index contributed by atoms with van der Waals surface area (Å²) in [5.41, 5.74) is 1.92. The topological polar surface area (TPSA) is 55.2 Å². The van der Waals surface area contributed by atoms with Crippen LogP contribution in [-0.4, -0.2) is 28.3 Å². The molecule has 5 nitrogen and oxygen atoms in total. The van der Waals surface area contributed by atoms with Gasteiger partial charge in [-0.25, -0.2) is 9.37 Å². The lowest BCUT2D eigenvalue weighted by Gasteiger charge is -2.18. The quantitative estimate of drug-likeness (QED) is 0.291. The summed E-state index contributed by atoms with van der Waals surface area (Å²) in [5, 5.41) is 2.70. The van der Waals surface area contributed by atoms with E-state index in [1.165, 1.54) is 32.9 Å². The zero-order valence-electron chi connectivity index (χ0n) is 16.6. The van der Waals surface area contributed by atoms with Crippen molar-refractivity contribution in [3.8, 4) is 5.69 Å². The number of fused-ring (bicyclic) bond motifs is 1. The number of carbonyl (C=O) groups is 1. The van der Waals surface area contributed by atoms with Crippen LogP contribution < -0.4 is 10.5 Å². The van der Waals surface area contributed by atoms with E-state index in [1.807, 2.05) is 0 Å².